The van der Waals surface area contributed by atoms with Gasteiger partial charge in [-0.3, -0.25) is 5.43 Å². The highest BCUT2D eigenvalue weighted by atomic mass is 32.1. The van der Waals surface area contributed by atoms with Gasteiger partial charge in [-0.15, -0.1) is 0 Å². The third-order valence-electron chi connectivity index (χ3n) is 0.509. The van der Waals surface area contributed by atoms with Gasteiger partial charge >= 0.3 is 0 Å². The van der Waals surface area contributed by atoms with E-state index in [4.69, 9.17) is 5.73 Å². The molecular formula is C2H5N3OS. The first-order valence-corrected chi connectivity index (χ1v) is 2.08. The van der Waals surface area contributed by atoms with Gasteiger partial charge in [-0.05, 0) is 12.8 Å². The van der Waals surface area contributed by atoms with Gasteiger partial charge in [0.2, 0.25) is 5.88 Å². The van der Waals surface area contributed by atoms with Gasteiger partial charge in [-0.25, -0.2) is 0 Å². The molecule has 40 valence electrons. The van der Waals surface area contributed by atoms with E-state index in [1.54, 1.807) is 0 Å². The summed E-state index contributed by atoms with van der Waals surface area (Å²) < 4.78 is 1.11. The largest absolute Gasteiger partial charge is 0.367 e. The lowest BCUT2D eigenvalue weighted by molar-refractivity contribution is -0.0248. The molecule has 1 aliphatic rings. The van der Waals surface area contributed by atoms with Crippen molar-refractivity contribution in [2.24, 2.45) is 5.73 Å². The fourth-order valence-corrected chi connectivity index (χ4v) is 0.423. The van der Waals surface area contributed by atoms with Crippen LogP contribution in [0.4, 0.5) is 0 Å². The minimum Gasteiger partial charge on any atom is -0.367 e. The normalized spacial score (nSPS) is 20.4. The molecule has 0 amide bonds. The Bertz CT molecular complexity index is 103. The zero-order chi connectivity index (χ0) is 5.28. The summed E-state index contributed by atoms with van der Waals surface area (Å²) in [6.07, 6.45) is 1.49. The molecule has 0 aromatic heterocycles. The second-order valence-electron chi connectivity index (χ2n) is 1.04. The maximum absolute atomic E-state index is 5.11. The Morgan fingerprint density at radius 1 is 2.00 bits per heavy atom. The van der Waals surface area contributed by atoms with Gasteiger partial charge in [-0.2, -0.15) is 0 Å². The number of hydrazine groups is 1. The number of thiol groups is 1. The summed E-state index contributed by atoms with van der Waals surface area (Å²) >= 11 is 3.72. The number of nitrogens with one attached hydrogen (secondary N) is 1. The number of nitrogens with two attached hydrogens (primary N) is 1. The van der Waals surface area contributed by atoms with Crippen LogP contribution in [0.1, 0.15) is 0 Å². The van der Waals surface area contributed by atoms with Crippen LogP contribution in [0.2, 0.25) is 0 Å². The molecule has 0 atom stereocenters. The fraction of sp³-hybridized carbons (Fsp3) is 0. The molecule has 0 bridgehead atoms. The minimum atomic E-state index is 0.315. The summed E-state index contributed by atoms with van der Waals surface area (Å²) in [5, 5.41) is 0. The predicted molar refractivity (Wildman–Crippen MR) is 27.3 cm³/mol. The van der Waals surface area contributed by atoms with E-state index < -0.39 is 0 Å². The van der Waals surface area contributed by atoms with Crippen molar-refractivity contribution < 1.29 is 4.84 Å². The van der Waals surface area contributed by atoms with Crippen LogP contribution in [-0.2, 0) is 4.84 Å². The van der Waals surface area contributed by atoms with Gasteiger partial charge in [0.1, 0.15) is 0 Å². The Kier molecular flexibility index (Phi) is 0.994. The summed E-state index contributed by atoms with van der Waals surface area (Å²) in [5.41, 5.74) is 7.67. The molecule has 0 fully saturated rings. The molecule has 0 aliphatic carbocycles. The second kappa shape index (κ2) is 1.51. The maximum atomic E-state index is 5.11. The van der Waals surface area contributed by atoms with Gasteiger partial charge in [0.15, 0.2) is 0 Å². The summed E-state index contributed by atoms with van der Waals surface area (Å²) in [4.78, 5) is 4.59. The molecule has 0 spiro atoms. The Morgan fingerprint density at radius 3 is 2.86 bits per heavy atom. The van der Waals surface area contributed by atoms with E-state index in [1.807, 2.05) is 0 Å². The van der Waals surface area contributed by atoms with Crippen molar-refractivity contribution in [3.8, 4) is 0 Å². The van der Waals surface area contributed by atoms with Gasteiger partial charge in [0.05, 0.1) is 6.20 Å². The van der Waals surface area contributed by atoms with Crippen LogP contribution in [-0.4, -0.2) is 4.58 Å². The van der Waals surface area contributed by atoms with Crippen molar-refractivity contribution >= 4 is 12.8 Å². The van der Waals surface area contributed by atoms with E-state index in [0.717, 1.165) is 4.58 Å². The number of nitrogens with zero attached hydrogens (tertiary/aromatic N) is 1. The molecule has 0 unspecified atom stereocenters. The van der Waals surface area contributed by atoms with Crippen LogP contribution in [0, 0.1) is 0 Å². The molecule has 4 nitrogen and oxygen atoms in total. The average molecular weight is 119 g/mol. The van der Waals surface area contributed by atoms with Crippen LogP contribution >= 0.6 is 12.8 Å². The van der Waals surface area contributed by atoms with Gasteiger partial charge in [-0.1, -0.05) is 0 Å². The summed E-state index contributed by atoms with van der Waals surface area (Å²) in [6.45, 7) is 0. The molecule has 0 saturated carbocycles. The molecule has 0 saturated heterocycles. The van der Waals surface area contributed by atoms with Crippen LogP contribution < -0.4 is 11.2 Å². The third-order valence-corrected chi connectivity index (χ3v) is 0.706. The van der Waals surface area contributed by atoms with E-state index in [0.29, 0.717) is 5.88 Å². The topological polar surface area (TPSA) is 50.5 Å². The van der Waals surface area contributed by atoms with Crippen molar-refractivity contribution in [3.05, 3.63) is 12.1 Å². The van der Waals surface area contributed by atoms with E-state index in [1.165, 1.54) is 6.20 Å². The van der Waals surface area contributed by atoms with Crippen molar-refractivity contribution in [2.45, 2.75) is 0 Å². The number of hydrogen-bond donors (Lipinski definition) is 3. The molecule has 3 N–H and O–H groups in total. The van der Waals surface area contributed by atoms with Crippen LogP contribution in [0.5, 0.6) is 0 Å². The van der Waals surface area contributed by atoms with Crippen LogP contribution in [0.15, 0.2) is 12.1 Å². The highest BCUT2D eigenvalue weighted by Crippen LogP contribution is 2.00. The molecule has 5 heteroatoms. The van der Waals surface area contributed by atoms with E-state index >= 15 is 0 Å². The van der Waals surface area contributed by atoms with Crippen molar-refractivity contribution in [1.29, 1.82) is 0 Å². The molecule has 0 aromatic rings. The summed E-state index contributed by atoms with van der Waals surface area (Å²) in [7, 11) is 0. The Balaban J connectivity index is 2.42. The Morgan fingerprint density at radius 2 is 2.71 bits per heavy atom. The molecule has 1 heterocycles. The predicted octanol–water partition coefficient (Wildman–Crippen LogP) is -0.659. The quantitative estimate of drug-likeness (QED) is 0.370. The SMILES string of the molecule is NC1=CNN(S)O1. The lowest BCUT2D eigenvalue weighted by atomic mass is 10.9. The third kappa shape index (κ3) is 0.908. The summed E-state index contributed by atoms with van der Waals surface area (Å²) in [5.74, 6) is 0.315. The first-order chi connectivity index (χ1) is 3.29. The lowest BCUT2D eigenvalue weighted by Crippen LogP contribution is -2.17. The molecule has 7 heavy (non-hydrogen) atoms. The van der Waals surface area contributed by atoms with Crippen molar-refractivity contribution in [3.63, 3.8) is 0 Å². The molecule has 0 aromatic carbocycles. The number of rotatable bonds is 0. The molecule has 1 aliphatic heterocycles. The smallest absolute Gasteiger partial charge is 0.230 e. The van der Waals surface area contributed by atoms with E-state index in [-0.39, 0.29) is 0 Å². The first kappa shape index (κ1) is 4.61. The second-order valence-corrected chi connectivity index (χ2v) is 1.40. The maximum Gasteiger partial charge on any atom is 0.230 e. The van der Waals surface area contributed by atoms with E-state index in [9.17, 15) is 0 Å². The molecule has 1 rings (SSSR count). The monoisotopic (exact) mass is 119 g/mol. The zero-order valence-corrected chi connectivity index (χ0v) is 4.35. The van der Waals surface area contributed by atoms with Crippen molar-refractivity contribution in [2.75, 3.05) is 0 Å². The van der Waals surface area contributed by atoms with Crippen molar-refractivity contribution in [1.82, 2.24) is 10.0 Å². The minimum absolute atomic E-state index is 0.315. The van der Waals surface area contributed by atoms with E-state index in [2.05, 4.69) is 23.1 Å². The van der Waals surface area contributed by atoms with Gasteiger partial charge in [0, 0.05) is 4.58 Å². The zero-order valence-electron chi connectivity index (χ0n) is 3.46. The fourth-order valence-electron chi connectivity index (χ4n) is 0.271. The lowest BCUT2D eigenvalue weighted by Gasteiger charge is -2.03. The van der Waals surface area contributed by atoms with Crippen LogP contribution in [0.25, 0.3) is 0 Å². The highest BCUT2D eigenvalue weighted by molar-refractivity contribution is 7.77. The Labute approximate surface area is 46.4 Å². The molecular weight excluding hydrogens is 114 g/mol. The number of hydrogen-bond acceptors (Lipinski definition) is 5. The van der Waals surface area contributed by atoms with Gasteiger partial charge in [0.25, 0.3) is 0 Å². The Hall–Kier alpha value is -0.550. The first-order valence-electron chi connectivity index (χ1n) is 1.68. The highest BCUT2D eigenvalue weighted by Gasteiger charge is 2.04. The van der Waals surface area contributed by atoms with Gasteiger partial charge < -0.3 is 10.6 Å². The summed E-state index contributed by atoms with van der Waals surface area (Å²) in [6, 6.07) is 0. The molecule has 0 radical (unpaired) electrons. The average Bonchev–Trinajstić information content (AvgIpc) is 1.87. The van der Waals surface area contributed by atoms with Crippen LogP contribution in [0.3, 0.4) is 0 Å². The standard InChI is InChI=1S/C2H5N3OS/c3-2-1-4-5(7)6-2/h1,4,7H,3H2.